The standard InChI is InChI=1S/C8H18O4.Y/c1-9-3-5-11-7-8-12-6-4-10-2;/h3-8H2,1-2H3;. The van der Waals surface area contributed by atoms with Gasteiger partial charge in [0.15, 0.2) is 0 Å². The molecule has 1 radical (unpaired) electrons. The number of hydrogen-bond acceptors (Lipinski definition) is 4. The third-order valence-electron chi connectivity index (χ3n) is 1.24. The Labute approximate surface area is 105 Å². The first-order valence-electron chi connectivity index (χ1n) is 4.05. The first-order valence-corrected chi connectivity index (χ1v) is 4.05. The summed E-state index contributed by atoms with van der Waals surface area (Å²) in [5, 5.41) is 0. The van der Waals surface area contributed by atoms with E-state index in [0.29, 0.717) is 39.6 Å². The van der Waals surface area contributed by atoms with Gasteiger partial charge in [-0.15, -0.1) is 0 Å². The van der Waals surface area contributed by atoms with Gasteiger partial charge in [0.2, 0.25) is 0 Å². The van der Waals surface area contributed by atoms with Gasteiger partial charge in [-0.2, -0.15) is 0 Å². The molecule has 0 bridgehead atoms. The van der Waals surface area contributed by atoms with E-state index in [4.69, 9.17) is 18.9 Å². The molecule has 0 atom stereocenters. The first-order chi connectivity index (χ1) is 5.91. The minimum Gasteiger partial charge on any atom is -0.382 e. The van der Waals surface area contributed by atoms with Crippen LogP contribution in [-0.4, -0.2) is 53.9 Å². The topological polar surface area (TPSA) is 36.9 Å². The van der Waals surface area contributed by atoms with Crippen molar-refractivity contribution in [3.63, 3.8) is 0 Å². The average Bonchev–Trinajstić information content (AvgIpc) is 2.10. The summed E-state index contributed by atoms with van der Waals surface area (Å²) in [7, 11) is 3.30. The van der Waals surface area contributed by atoms with Crippen LogP contribution < -0.4 is 0 Å². The summed E-state index contributed by atoms with van der Waals surface area (Å²) in [6, 6.07) is 0. The molecule has 0 saturated heterocycles. The van der Waals surface area contributed by atoms with E-state index in [9.17, 15) is 0 Å². The predicted octanol–water partition coefficient (Wildman–Crippen LogP) is 0.310. The Balaban J connectivity index is 0. The van der Waals surface area contributed by atoms with Gasteiger partial charge in [0, 0.05) is 46.9 Å². The SMILES string of the molecule is COCCOCCOCCOC.[Y]. The summed E-state index contributed by atoms with van der Waals surface area (Å²) < 4.78 is 19.9. The fourth-order valence-electron chi connectivity index (χ4n) is 0.606. The van der Waals surface area contributed by atoms with Crippen LogP contribution in [-0.2, 0) is 51.7 Å². The van der Waals surface area contributed by atoms with Crippen LogP contribution in [0.15, 0.2) is 0 Å². The Morgan fingerprint density at radius 3 is 1.23 bits per heavy atom. The van der Waals surface area contributed by atoms with Crippen molar-refractivity contribution in [3.05, 3.63) is 0 Å². The Hall–Kier alpha value is 0.944. The van der Waals surface area contributed by atoms with Crippen molar-refractivity contribution in [1.29, 1.82) is 0 Å². The van der Waals surface area contributed by atoms with Crippen LogP contribution in [0.1, 0.15) is 0 Å². The van der Waals surface area contributed by atoms with Gasteiger partial charge >= 0.3 is 0 Å². The summed E-state index contributed by atoms with van der Waals surface area (Å²) >= 11 is 0. The van der Waals surface area contributed by atoms with Gasteiger partial charge < -0.3 is 18.9 Å². The molecule has 0 aliphatic rings. The molecule has 0 aromatic rings. The summed E-state index contributed by atoms with van der Waals surface area (Å²) in [4.78, 5) is 0. The molecule has 77 valence electrons. The molecule has 5 heteroatoms. The number of ether oxygens (including phenoxy) is 4. The van der Waals surface area contributed by atoms with Gasteiger partial charge in [-0.3, -0.25) is 0 Å². The molecular formula is C8H18O4Y. The molecule has 0 aliphatic carbocycles. The molecule has 0 unspecified atom stereocenters. The normalized spacial score (nSPS) is 9.69. The minimum atomic E-state index is 0. The van der Waals surface area contributed by atoms with Crippen molar-refractivity contribution in [2.24, 2.45) is 0 Å². The molecule has 0 N–H and O–H groups in total. The molecule has 0 heterocycles. The van der Waals surface area contributed by atoms with E-state index in [2.05, 4.69) is 0 Å². The van der Waals surface area contributed by atoms with E-state index < -0.39 is 0 Å². The molecule has 0 saturated carbocycles. The second-order valence-electron chi connectivity index (χ2n) is 2.21. The third-order valence-corrected chi connectivity index (χ3v) is 1.24. The maximum atomic E-state index is 5.16. The average molecular weight is 267 g/mol. The summed E-state index contributed by atoms with van der Waals surface area (Å²) in [5.74, 6) is 0. The van der Waals surface area contributed by atoms with E-state index in [1.165, 1.54) is 0 Å². The fraction of sp³-hybridized carbons (Fsp3) is 1.00. The molecule has 0 aromatic carbocycles. The van der Waals surface area contributed by atoms with Crippen molar-refractivity contribution in [3.8, 4) is 0 Å². The quantitative estimate of drug-likeness (QED) is 0.563. The largest absolute Gasteiger partial charge is 0.382 e. The molecule has 4 nitrogen and oxygen atoms in total. The van der Waals surface area contributed by atoms with Crippen molar-refractivity contribution >= 4 is 0 Å². The maximum absolute atomic E-state index is 5.16. The van der Waals surface area contributed by atoms with E-state index in [1.54, 1.807) is 14.2 Å². The zero-order valence-corrected chi connectivity index (χ0v) is 11.3. The van der Waals surface area contributed by atoms with Crippen LogP contribution in [0.25, 0.3) is 0 Å². The van der Waals surface area contributed by atoms with Crippen LogP contribution in [0.5, 0.6) is 0 Å². The van der Waals surface area contributed by atoms with Gasteiger partial charge in [-0.1, -0.05) is 0 Å². The Bertz CT molecular complexity index is 72.5. The molecule has 0 aromatic heterocycles. The van der Waals surface area contributed by atoms with Crippen LogP contribution in [0.3, 0.4) is 0 Å². The molecule has 13 heavy (non-hydrogen) atoms. The zero-order valence-electron chi connectivity index (χ0n) is 8.45. The zero-order chi connectivity index (χ0) is 9.07. The molecule has 0 aliphatic heterocycles. The smallest absolute Gasteiger partial charge is 0.0701 e. The van der Waals surface area contributed by atoms with E-state index in [-0.39, 0.29) is 32.7 Å². The van der Waals surface area contributed by atoms with Crippen LogP contribution in [0.2, 0.25) is 0 Å². The van der Waals surface area contributed by atoms with E-state index >= 15 is 0 Å². The summed E-state index contributed by atoms with van der Waals surface area (Å²) in [6.45, 7) is 3.77. The predicted molar refractivity (Wildman–Crippen MR) is 45.4 cm³/mol. The Morgan fingerprint density at radius 1 is 0.615 bits per heavy atom. The van der Waals surface area contributed by atoms with Crippen LogP contribution in [0.4, 0.5) is 0 Å². The van der Waals surface area contributed by atoms with E-state index in [0.717, 1.165) is 0 Å². The third kappa shape index (κ3) is 15.7. The molecule has 0 rings (SSSR count). The van der Waals surface area contributed by atoms with Gasteiger partial charge in [-0.05, 0) is 0 Å². The van der Waals surface area contributed by atoms with Gasteiger partial charge in [-0.25, -0.2) is 0 Å². The summed E-state index contributed by atoms with van der Waals surface area (Å²) in [6.07, 6.45) is 0. The van der Waals surface area contributed by atoms with Gasteiger partial charge in [0.05, 0.1) is 39.6 Å². The van der Waals surface area contributed by atoms with Gasteiger partial charge in [0.1, 0.15) is 0 Å². The van der Waals surface area contributed by atoms with Crippen molar-refractivity contribution < 1.29 is 51.7 Å². The molecular weight excluding hydrogens is 249 g/mol. The van der Waals surface area contributed by atoms with E-state index in [1.807, 2.05) is 0 Å². The van der Waals surface area contributed by atoms with Crippen molar-refractivity contribution in [2.75, 3.05) is 53.9 Å². The Morgan fingerprint density at radius 2 is 0.923 bits per heavy atom. The maximum Gasteiger partial charge on any atom is 0.0701 e. The fourth-order valence-corrected chi connectivity index (χ4v) is 0.606. The minimum absolute atomic E-state index is 0. The molecule has 0 fully saturated rings. The second-order valence-corrected chi connectivity index (χ2v) is 2.21. The number of hydrogen-bond donors (Lipinski definition) is 0. The summed E-state index contributed by atoms with van der Waals surface area (Å²) in [5.41, 5.74) is 0. The number of rotatable bonds is 9. The van der Waals surface area contributed by atoms with Crippen molar-refractivity contribution in [1.82, 2.24) is 0 Å². The monoisotopic (exact) mass is 267 g/mol. The first kappa shape index (κ1) is 16.4. The van der Waals surface area contributed by atoms with Gasteiger partial charge in [0.25, 0.3) is 0 Å². The van der Waals surface area contributed by atoms with Crippen LogP contribution in [0, 0.1) is 0 Å². The second kappa shape index (κ2) is 15.4. The Kier molecular flexibility index (Phi) is 19.4. The number of methoxy groups -OCH3 is 2. The van der Waals surface area contributed by atoms with Crippen molar-refractivity contribution in [2.45, 2.75) is 0 Å². The molecule has 0 spiro atoms. The molecule has 0 amide bonds. The van der Waals surface area contributed by atoms with Crippen LogP contribution >= 0.6 is 0 Å².